The Morgan fingerprint density at radius 2 is 2.40 bits per heavy atom. The van der Waals surface area contributed by atoms with Gasteiger partial charge in [-0.15, -0.1) is 0 Å². The highest BCUT2D eigenvalue weighted by Gasteiger charge is 2.13. The van der Waals surface area contributed by atoms with Crippen molar-refractivity contribution >= 4 is 11.6 Å². The van der Waals surface area contributed by atoms with Gasteiger partial charge in [-0.25, -0.2) is 0 Å². The van der Waals surface area contributed by atoms with Crippen LogP contribution in [0.4, 0.5) is 0 Å². The van der Waals surface area contributed by atoms with Gasteiger partial charge < -0.3 is 10.1 Å². The van der Waals surface area contributed by atoms with Crippen molar-refractivity contribution in [1.82, 2.24) is 5.32 Å². The van der Waals surface area contributed by atoms with Crippen LogP contribution in [0.5, 0.6) is 0 Å². The summed E-state index contributed by atoms with van der Waals surface area (Å²) in [5.74, 6) is 0. The lowest BCUT2D eigenvalue weighted by atomic mass is 10.0. The molecular weight excluding hydrogens is 210 g/mol. The fourth-order valence-corrected chi connectivity index (χ4v) is 1.97. The van der Waals surface area contributed by atoms with Crippen LogP contribution in [0.1, 0.15) is 11.1 Å². The smallest absolute Gasteiger partial charge is 0.0740 e. The quantitative estimate of drug-likeness (QED) is 0.833. The van der Waals surface area contributed by atoms with Crippen LogP contribution in [-0.4, -0.2) is 25.8 Å². The highest BCUT2D eigenvalue weighted by molar-refractivity contribution is 6.31. The van der Waals surface area contributed by atoms with E-state index in [4.69, 9.17) is 16.3 Å². The summed E-state index contributed by atoms with van der Waals surface area (Å²) in [6.07, 6.45) is 1.27. The summed E-state index contributed by atoms with van der Waals surface area (Å²) in [7, 11) is 0. The molecule has 1 fully saturated rings. The summed E-state index contributed by atoms with van der Waals surface area (Å²) in [6.45, 7) is 4.76. The molecule has 1 N–H and O–H groups in total. The molecular formula is C12H16ClNO. The molecule has 2 nitrogen and oxygen atoms in total. The Hall–Kier alpha value is -0.570. The molecule has 1 atom stereocenters. The molecule has 1 saturated heterocycles. The molecule has 0 saturated carbocycles. The third kappa shape index (κ3) is 2.94. The lowest BCUT2D eigenvalue weighted by Gasteiger charge is -2.23. The van der Waals surface area contributed by atoms with Gasteiger partial charge in [-0.05, 0) is 30.5 Å². The predicted octanol–water partition coefficient (Wildman–Crippen LogP) is 2.18. The number of morpholine rings is 1. The first-order valence-corrected chi connectivity index (χ1v) is 5.71. The molecule has 1 aromatic carbocycles. The van der Waals surface area contributed by atoms with E-state index in [1.165, 1.54) is 5.56 Å². The highest BCUT2D eigenvalue weighted by atomic mass is 35.5. The van der Waals surface area contributed by atoms with Gasteiger partial charge in [0.1, 0.15) is 0 Å². The van der Waals surface area contributed by atoms with Crippen molar-refractivity contribution in [3.8, 4) is 0 Å². The molecule has 0 spiro atoms. The molecule has 1 heterocycles. The van der Waals surface area contributed by atoms with E-state index in [1.807, 2.05) is 13.0 Å². The van der Waals surface area contributed by atoms with E-state index in [-0.39, 0.29) is 0 Å². The molecule has 0 amide bonds. The Morgan fingerprint density at radius 1 is 1.53 bits per heavy atom. The van der Waals surface area contributed by atoms with Crippen LogP contribution in [0, 0.1) is 6.92 Å². The molecule has 2 rings (SSSR count). The van der Waals surface area contributed by atoms with Gasteiger partial charge in [0.15, 0.2) is 0 Å². The maximum atomic E-state index is 5.98. The summed E-state index contributed by atoms with van der Waals surface area (Å²) < 4.78 is 5.66. The van der Waals surface area contributed by atoms with Gasteiger partial charge in [0.05, 0.1) is 12.7 Å². The Morgan fingerprint density at radius 3 is 3.07 bits per heavy atom. The number of halogens is 1. The zero-order valence-corrected chi connectivity index (χ0v) is 9.68. The number of hydrogen-bond acceptors (Lipinski definition) is 2. The maximum absolute atomic E-state index is 5.98. The summed E-state index contributed by atoms with van der Waals surface area (Å²) in [6, 6.07) is 6.18. The lowest BCUT2D eigenvalue weighted by molar-refractivity contribution is 0.0292. The number of nitrogens with one attached hydrogen (secondary N) is 1. The normalized spacial score (nSPS) is 21.6. The van der Waals surface area contributed by atoms with E-state index in [9.17, 15) is 0 Å². The second-order valence-electron chi connectivity index (χ2n) is 3.98. The third-order valence-electron chi connectivity index (χ3n) is 2.69. The van der Waals surface area contributed by atoms with E-state index in [1.54, 1.807) is 0 Å². The van der Waals surface area contributed by atoms with Gasteiger partial charge in [-0.2, -0.15) is 0 Å². The van der Waals surface area contributed by atoms with Crippen LogP contribution >= 0.6 is 11.6 Å². The first-order chi connectivity index (χ1) is 7.25. The molecule has 82 valence electrons. The summed E-state index contributed by atoms with van der Waals surface area (Å²) in [4.78, 5) is 0. The SMILES string of the molecule is Cc1cc(C[C@@H]2CNCCO2)ccc1Cl. The molecule has 1 aromatic rings. The Labute approximate surface area is 95.6 Å². The van der Waals surface area contributed by atoms with E-state index in [0.717, 1.165) is 36.7 Å². The van der Waals surface area contributed by atoms with Gasteiger partial charge in [-0.3, -0.25) is 0 Å². The number of aryl methyl sites for hydroxylation is 1. The van der Waals surface area contributed by atoms with Gasteiger partial charge >= 0.3 is 0 Å². The van der Waals surface area contributed by atoms with Crippen LogP contribution in [0.25, 0.3) is 0 Å². The van der Waals surface area contributed by atoms with Gasteiger partial charge in [0.25, 0.3) is 0 Å². The summed E-state index contributed by atoms with van der Waals surface area (Å²) in [5.41, 5.74) is 2.43. The fraction of sp³-hybridized carbons (Fsp3) is 0.500. The molecule has 15 heavy (non-hydrogen) atoms. The van der Waals surface area contributed by atoms with Crippen molar-refractivity contribution < 1.29 is 4.74 Å². The van der Waals surface area contributed by atoms with Crippen molar-refractivity contribution in [2.45, 2.75) is 19.4 Å². The van der Waals surface area contributed by atoms with Gasteiger partial charge in [-0.1, -0.05) is 23.7 Å². The van der Waals surface area contributed by atoms with E-state index in [0.29, 0.717) is 6.10 Å². The maximum Gasteiger partial charge on any atom is 0.0740 e. The zero-order valence-electron chi connectivity index (χ0n) is 8.92. The van der Waals surface area contributed by atoms with Crippen LogP contribution in [0.2, 0.25) is 5.02 Å². The van der Waals surface area contributed by atoms with Crippen molar-refractivity contribution in [1.29, 1.82) is 0 Å². The first kappa shape index (κ1) is 10.9. The molecule has 0 bridgehead atoms. The largest absolute Gasteiger partial charge is 0.375 e. The molecule has 0 unspecified atom stereocenters. The van der Waals surface area contributed by atoms with Gasteiger partial charge in [0.2, 0.25) is 0 Å². The van der Waals surface area contributed by atoms with E-state index in [2.05, 4.69) is 17.4 Å². The summed E-state index contributed by atoms with van der Waals surface area (Å²) in [5, 5.41) is 4.16. The van der Waals surface area contributed by atoms with Crippen molar-refractivity contribution in [3.05, 3.63) is 34.3 Å². The number of rotatable bonds is 2. The van der Waals surface area contributed by atoms with Crippen LogP contribution in [-0.2, 0) is 11.2 Å². The number of ether oxygens (including phenoxy) is 1. The van der Waals surface area contributed by atoms with Crippen molar-refractivity contribution in [3.63, 3.8) is 0 Å². The van der Waals surface area contributed by atoms with Crippen LogP contribution in [0.15, 0.2) is 18.2 Å². The molecule has 1 aliphatic heterocycles. The minimum absolute atomic E-state index is 0.305. The fourth-order valence-electron chi connectivity index (χ4n) is 1.85. The Kier molecular flexibility index (Phi) is 3.62. The second-order valence-corrected chi connectivity index (χ2v) is 4.39. The summed E-state index contributed by atoms with van der Waals surface area (Å²) >= 11 is 5.98. The Balaban J connectivity index is 2.00. The molecule has 3 heteroatoms. The third-order valence-corrected chi connectivity index (χ3v) is 3.11. The molecule has 0 radical (unpaired) electrons. The van der Waals surface area contributed by atoms with Crippen LogP contribution in [0.3, 0.4) is 0 Å². The highest BCUT2D eigenvalue weighted by Crippen LogP contribution is 2.18. The van der Waals surface area contributed by atoms with E-state index >= 15 is 0 Å². The topological polar surface area (TPSA) is 21.3 Å². The molecule has 0 aromatic heterocycles. The predicted molar refractivity (Wildman–Crippen MR) is 62.5 cm³/mol. The minimum atomic E-state index is 0.305. The lowest BCUT2D eigenvalue weighted by Crippen LogP contribution is -2.39. The van der Waals surface area contributed by atoms with E-state index < -0.39 is 0 Å². The zero-order chi connectivity index (χ0) is 10.7. The number of hydrogen-bond donors (Lipinski definition) is 1. The van der Waals surface area contributed by atoms with Crippen LogP contribution < -0.4 is 5.32 Å². The van der Waals surface area contributed by atoms with Crippen molar-refractivity contribution in [2.24, 2.45) is 0 Å². The standard InChI is InChI=1S/C12H16ClNO/c1-9-6-10(2-3-12(9)13)7-11-8-14-4-5-15-11/h2-3,6,11,14H,4-5,7-8H2,1H3/t11-/m1/s1. The molecule has 1 aliphatic rings. The first-order valence-electron chi connectivity index (χ1n) is 5.33. The van der Waals surface area contributed by atoms with Crippen molar-refractivity contribution in [2.75, 3.05) is 19.7 Å². The number of benzene rings is 1. The monoisotopic (exact) mass is 225 g/mol. The average Bonchev–Trinajstić information content (AvgIpc) is 2.25. The minimum Gasteiger partial charge on any atom is -0.375 e. The van der Waals surface area contributed by atoms with Gasteiger partial charge in [0, 0.05) is 18.1 Å². The average molecular weight is 226 g/mol. The molecule has 0 aliphatic carbocycles. The second kappa shape index (κ2) is 4.97. The Bertz CT molecular complexity index is 334.